The standard InChI is InChI=1S/C18H13BrF5N3O2/c19-13-7-6-11(21)14(26-13)17(9-20)8-12(18(22,23)24)25-16(29-17)27-15(28)10-4-2-1-3-5-10/h1-7,12H,8-9H2,(H,25,27,28)/t12-,17+/m0/s1. The first-order chi connectivity index (χ1) is 13.6. The Morgan fingerprint density at radius 1 is 1.24 bits per heavy atom. The maximum absolute atomic E-state index is 14.3. The first kappa shape index (κ1) is 21.2. The third-order valence-electron chi connectivity index (χ3n) is 4.18. The molecule has 11 heteroatoms. The van der Waals surface area contributed by atoms with Crippen LogP contribution in [0.1, 0.15) is 22.5 Å². The fourth-order valence-corrected chi connectivity index (χ4v) is 3.10. The van der Waals surface area contributed by atoms with E-state index in [2.05, 4.69) is 31.2 Å². The number of aliphatic imine (C=N–C) groups is 1. The number of halogens is 6. The van der Waals surface area contributed by atoms with Crippen LogP contribution in [-0.4, -0.2) is 35.8 Å². The molecule has 0 unspecified atom stereocenters. The maximum atomic E-state index is 14.3. The Bertz CT molecular complexity index is 939. The van der Waals surface area contributed by atoms with Crippen molar-refractivity contribution in [2.45, 2.75) is 24.2 Å². The molecule has 0 saturated heterocycles. The Kier molecular flexibility index (Phi) is 5.87. The lowest BCUT2D eigenvalue weighted by Gasteiger charge is -2.38. The Labute approximate surface area is 170 Å². The first-order valence-electron chi connectivity index (χ1n) is 8.23. The number of amidine groups is 1. The molecule has 1 N–H and O–H groups in total. The minimum Gasteiger partial charge on any atom is -0.449 e. The smallest absolute Gasteiger partial charge is 0.411 e. The van der Waals surface area contributed by atoms with Crippen molar-refractivity contribution in [1.82, 2.24) is 10.3 Å². The highest BCUT2D eigenvalue weighted by Crippen LogP contribution is 2.41. The molecule has 154 valence electrons. The molecule has 5 nitrogen and oxygen atoms in total. The summed E-state index contributed by atoms with van der Waals surface area (Å²) in [4.78, 5) is 19.4. The number of hydrogen-bond donors (Lipinski definition) is 1. The molecule has 0 radical (unpaired) electrons. The van der Waals surface area contributed by atoms with Crippen molar-refractivity contribution in [3.8, 4) is 0 Å². The number of nitrogens with one attached hydrogen (secondary N) is 1. The highest BCUT2D eigenvalue weighted by Gasteiger charge is 2.53. The summed E-state index contributed by atoms with van der Waals surface area (Å²) in [6.07, 6.45) is -5.92. The van der Waals surface area contributed by atoms with Gasteiger partial charge in [0.2, 0.25) is 0 Å². The van der Waals surface area contributed by atoms with E-state index in [0.29, 0.717) is 0 Å². The van der Waals surface area contributed by atoms with Crippen LogP contribution in [0.4, 0.5) is 22.0 Å². The fraction of sp³-hybridized carbons (Fsp3) is 0.278. The summed E-state index contributed by atoms with van der Waals surface area (Å²) >= 11 is 2.98. The van der Waals surface area contributed by atoms with Crippen molar-refractivity contribution < 1.29 is 31.5 Å². The van der Waals surface area contributed by atoms with Gasteiger partial charge in [0.05, 0.1) is 0 Å². The Hall–Kier alpha value is -2.56. The molecule has 2 heterocycles. The maximum Gasteiger partial charge on any atom is 0.411 e. The van der Waals surface area contributed by atoms with E-state index < -0.39 is 54.4 Å². The predicted molar refractivity (Wildman–Crippen MR) is 96.4 cm³/mol. The number of carbonyl (C=O) groups excluding carboxylic acids is 1. The van der Waals surface area contributed by atoms with Crippen LogP contribution in [0.3, 0.4) is 0 Å². The highest BCUT2D eigenvalue weighted by molar-refractivity contribution is 9.10. The molecule has 0 fully saturated rings. The van der Waals surface area contributed by atoms with Crippen LogP contribution in [0, 0.1) is 5.82 Å². The van der Waals surface area contributed by atoms with Gasteiger partial charge in [-0.15, -0.1) is 0 Å². The lowest BCUT2D eigenvalue weighted by Crippen LogP contribution is -2.51. The van der Waals surface area contributed by atoms with Gasteiger partial charge in [-0.3, -0.25) is 10.1 Å². The Morgan fingerprint density at radius 3 is 2.55 bits per heavy atom. The number of carbonyl (C=O) groups is 1. The molecule has 1 aromatic heterocycles. The molecule has 0 spiro atoms. The normalized spacial score (nSPS) is 21.9. The highest BCUT2D eigenvalue weighted by atomic mass is 79.9. The van der Waals surface area contributed by atoms with Crippen molar-refractivity contribution in [3.63, 3.8) is 0 Å². The van der Waals surface area contributed by atoms with Crippen molar-refractivity contribution >= 4 is 27.9 Å². The van der Waals surface area contributed by atoms with Crippen molar-refractivity contribution in [2.75, 3.05) is 6.67 Å². The minimum absolute atomic E-state index is 0.0752. The van der Waals surface area contributed by atoms with E-state index in [-0.39, 0.29) is 10.2 Å². The number of ether oxygens (including phenoxy) is 1. The zero-order valence-corrected chi connectivity index (χ0v) is 16.1. The molecule has 1 aromatic carbocycles. The Balaban J connectivity index is 2.01. The number of pyridine rings is 1. The van der Waals surface area contributed by atoms with Gasteiger partial charge < -0.3 is 4.74 Å². The second kappa shape index (κ2) is 8.05. The van der Waals surface area contributed by atoms with Crippen LogP contribution in [0.5, 0.6) is 0 Å². The summed E-state index contributed by atoms with van der Waals surface area (Å²) in [6.45, 7) is -1.53. The van der Waals surface area contributed by atoms with E-state index in [4.69, 9.17) is 4.74 Å². The first-order valence-corrected chi connectivity index (χ1v) is 9.02. The number of hydrogen-bond acceptors (Lipinski definition) is 4. The van der Waals surface area contributed by atoms with Crippen LogP contribution >= 0.6 is 15.9 Å². The van der Waals surface area contributed by atoms with Gasteiger partial charge in [-0.25, -0.2) is 18.8 Å². The van der Waals surface area contributed by atoms with Gasteiger partial charge in [0.25, 0.3) is 11.9 Å². The lowest BCUT2D eigenvalue weighted by molar-refractivity contribution is -0.168. The molecular formula is C18H13BrF5N3O2. The summed E-state index contributed by atoms with van der Waals surface area (Å²) in [7, 11) is 0. The van der Waals surface area contributed by atoms with E-state index in [0.717, 1.165) is 6.07 Å². The third-order valence-corrected chi connectivity index (χ3v) is 4.62. The average molecular weight is 478 g/mol. The van der Waals surface area contributed by atoms with E-state index in [1.165, 1.54) is 18.2 Å². The number of rotatable bonds is 3. The van der Waals surface area contributed by atoms with Crippen LogP contribution in [0.25, 0.3) is 0 Å². The molecule has 1 amide bonds. The molecular weight excluding hydrogens is 465 g/mol. The SMILES string of the molecule is O=C(NC1=N[C@H](C(F)(F)F)C[C@@](CF)(c2nc(Br)ccc2F)O1)c1ccccc1. The zero-order valence-electron chi connectivity index (χ0n) is 14.5. The molecule has 0 bridgehead atoms. The van der Waals surface area contributed by atoms with Gasteiger partial charge >= 0.3 is 6.18 Å². The third kappa shape index (κ3) is 4.55. The lowest BCUT2D eigenvalue weighted by atomic mass is 9.90. The van der Waals surface area contributed by atoms with Crippen LogP contribution < -0.4 is 5.32 Å². The molecule has 29 heavy (non-hydrogen) atoms. The number of nitrogens with zero attached hydrogens (tertiary/aromatic N) is 2. The number of amides is 1. The van der Waals surface area contributed by atoms with Crippen molar-refractivity contribution in [2.24, 2.45) is 4.99 Å². The van der Waals surface area contributed by atoms with Crippen molar-refractivity contribution in [1.29, 1.82) is 0 Å². The van der Waals surface area contributed by atoms with E-state index in [9.17, 15) is 26.7 Å². The molecule has 2 aromatic rings. The molecule has 3 rings (SSSR count). The summed E-state index contributed by atoms with van der Waals surface area (Å²) in [5.41, 5.74) is -2.97. The summed E-state index contributed by atoms with van der Waals surface area (Å²) < 4.78 is 74.0. The monoisotopic (exact) mass is 477 g/mol. The van der Waals surface area contributed by atoms with Crippen molar-refractivity contribution in [3.05, 3.63) is 64.1 Å². The summed E-state index contributed by atoms with van der Waals surface area (Å²) in [5.74, 6) is -1.87. The molecule has 0 saturated carbocycles. The van der Waals surface area contributed by atoms with E-state index >= 15 is 0 Å². The van der Waals surface area contributed by atoms with E-state index in [1.807, 2.05) is 0 Å². The van der Waals surface area contributed by atoms with Gasteiger partial charge in [-0.2, -0.15) is 13.2 Å². The van der Waals surface area contributed by atoms with Crippen LogP contribution in [0.2, 0.25) is 0 Å². The van der Waals surface area contributed by atoms with Gasteiger partial charge in [-0.05, 0) is 40.2 Å². The summed E-state index contributed by atoms with van der Waals surface area (Å²) in [6, 6.07) is 6.39. The van der Waals surface area contributed by atoms with Gasteiger partial charge in [0, 0.05) is 12.0 Å². The number of aromatic nitrogens is 1. The van der Waals surface area contributed by atoms with Gasteiger partial charge in [0.15, 0.2) is 11.6 Å². The fourth-order valence-electron chi connectivity index (χ4n) is 2.79. The number of benzene rings is 1. The van der Waals surface area contributed by atoms with E-state index in [1.54, 1.807) is 18.2 Å². The topological polar surface area (TPSA) is 63.6 Å². The molecule has 0 aliphatic carbocycles. The minimum atomic E-state index is -4.88. The molecule has 1 aliphatic heterocycles. The van der Waals surface area contributed by atoms with Crippen LogP contribution in [-0.2, 0) is 10.3 Å². The largest absolute Gasteiger partial charge is 0.449 e. The predicted octanol–water partition coefficient (Wildman–Crippen LogP) is 4.29. The quantitative estimate of drug-likeness (QED) is 0.529. The molecule has 2 atom stereocenters. The summed E-state index contributed by atoms with van der Waals surface area (Å²) in [5, 5.41) is 2.09. The average Bonchev–Trinajstić information content (AvgIpc) is 2.69. The second-order valence-corrected chi connectivity index (χ2v) is 7.02. The zero-order chi connectivity index (χ0) is 21.2. The van der Waals surface area contributed by atoms with Crippen LogP contribution in [0.15, 0.2) is 52.1 Å². The number of alkyl halides is 4. The molecule has 1 aliphatic rings. The second-order valence-electron chi connectivity index (χ2n) is 6.21. The Morgan fingerprint density at radius 2 is 1.93 bits per heavy atom. The van der Waals surface area contributed by atoms with Gasteiger partial charge in [0.1, 0.15) is 22.8 Å². The van der Waals surface area contributed by atoms with Gasteiger partial charge in [-0.1, -0.05) is 18.2 Å².